The Labute approximate surface area is 163 Å². The van der Waals surface area contributed by atoms with Gasteiger partial charge in [-0.15, -0.1) is 0 Å². The highest BCUT2D eigenvalue weighted by atomic mass is 32.2. The molecular formula is C20H31N3O3S. The van der Waals surface area contributed by atoms with Crippen molar-refractivity contribution in [1.29, 1.82) is 0 Å². The Morgan fingerprint density at radius 1 is 1.11 bits per heavy atom. The molecule has 2 aliphatic heterocycles. The fourth-order valence-electron chi connectivity index (χ4n) is 4.12. The third kappa shape index (κ3) is 4.52. The SMILES string of the molecule is CNCCC1CCN(C(=O)C2CCCN2S(=O)(=O)c2ccc(C)cc2)CC1. The van der Waals surface area contributed by atoms with E-state index in [0.29, 0.717) is 18.9 Å². The average Bonchev–Trinajstić information content (AvgIpc) is 3.17. The molecule has 3 rings (SSSR count). The minimum absolute atomic E-state index is 0.0183. The van der Waals surface area contributed by atoms with Crippen molar-refractivity contribution in [3.63, 3.8) is 0 Å². The van der Waals surface area contributed by atoms with Crippen LogP contribution in [0.2, 0.25) is 0 Å². The Hall–Kier alpha value is -1.44. The zero-order valence-electron chi connectivity index (χ0n) is 16.4. The maximum absolute atomic E-state index is 13.1. The van der Waals surface area contributed by atoms with Crippen molar-refractivity contribution in [2.75, 3.05) is 33.2 Å². The number of hydrogen-bond donors (Lipinski definition) is 1. The predicted molar refractivity (Wildman–Crippen MR) is 106 cm³/mol. The number of nitrogens with one attached hydrogen (secondary N) is 1. The van der Waals surface area contributed by atoms with Gasteiger partial charge in [0.15, 0.2) is 0 Å². The molecule has 0 saturated carbocycles. The van der Waals surface area contributed by atoms with Gasteiger partial charge in [0.25, 0.3) is 0 Å². The number of hydrogen-bond acceptors (Lipinski definition) is 4. The molecule has 7 heteroatoms. The Bertz CT molecular complexity index is 740. The summed E-state index contributed by atoms with van der Waals surface area (Å²) >= 11 is 0. The Morgan fingerprint density at radius 3 is 2.41 bits per heavy atom. The first-order valence-electron chi connectivity index (χ1n) is 9.95. The molecule has 0 aromatic heterocycles. The van der Waals surface area contributed by atoms with Crippen molar-refractivity contribution in [1.82, 2.24) is 14.5 Å². The smallest absolute Gasteiger partial charge is 0.243 e. The topological polar surface area (TPSA) is 69.7 Å². The molecule has 2 saturated heterocycles. The minimum atomic E-state index is -3.63. The second-order valence-corrected chi connectivity index (χ2v) is 9.64. The van der Waals surface area contributed by atoms with Gasteiger partial charge in [0.1, 0.15) is 6.04 Å². The van der Waals surface area contributed by atoms with Crippen LogP contribution in [0.15, 0.2) is 29.2 Å². The van der Waals surface area contributed by atoms with Crippen LogP contribution < -0.4 is 5.32 Å². The number of amides is 1. The first-order valence-corrected chi connectivity index (χ1v) is 11.4. The van der Waals surface area contributed by atoms with Crippen molar-refractivity contribution < 1.29 is 13.2 Å². The summed E-state index contributed by atoms with van der Waals surface area (Å²) in [5.74, 6) is 0.632. The van der Waals surface area contributed by atoms with Gasteiger partial charge in [-0.2, -0.15) is 4.31 Å². The fraction of sp³-hybridized carbons (Fsp3) is 0.650. The lowest BCUT2D eigenvalue weighted by molar-refractivity contribution is -0.136. The van der Waals surface area contributed by atoms with Crippen LogP contribution in [0.4, 0.5) is 0 Å². The summed E-state index contributed by atoms with van der Waals surface area (Å²) < 4.78 is 27.5. The average molecular weight is 394 g/mol. The molecule has 0 spiro atoms. The Balaban J connectivity index is 1.67. The Kier molecular flexibility index (Phi) is 6.55. The maximum atomic E-state index is 13.1. The van der Waals surface area contributed by atoms with E-state index in [1.54, 1.807) is 24.3 Å². The molecule has 150 valence electrons. The van der Waals surface area contributed by atoms with Gasteiger partial charge in [0.2, 0.25) is 15.9 Å². The van der Waals surface area contributed by atoms with Crippen LogP contribution >= 0.6 is 0 Å². The van der Waals surface area contributed by atoms with E-state index in [1.165, 1.54) is 4.31 Å². The number of likely N-dealkylation sites (tertiary alicyclic amines) is 1. The second kappa shape index (κ2) is 8.71. The van der Waals surface area contributed by atoms with Gasteiger partial charge in [-0.1, -0.05) is 17.7 Å². The molecule has 2 aliphatic rings. The zero-order valence-corrected chi connectivity index (χ0v) is 17.2. The van der Waals surface area contributed by atoms with E-state index in [1.807, 2.05) is 18.9 Å². The number of nitrogens with zero attached hydrogens (tertiary/aromatic N) is 2. The van der Waals surface area contributed by atoms with Gasteiger partial charge in [-0.25, -0.2) is 8.42 Å². The van der Waals surface area contributed by atoms with Crippen molar-refractivity contribution in [3.8, 4) is 0 Å². The normalized spacial score (nSPS) is 22.3. The lowest BCUT2D eigenvalue weighted by atomic mass is 9.93. The van der Waals surface area contributed by atoms with Gasteiger partial charge >= 0.3 is 0 Å². The molecule has 0 bridgehead atoms. The number of benzene rings is 1. The van der Waals surface area contributed by atoms with E-state index in [4.69, 9.17) is 0 Å². The van der Waals surface area contributed by atoms with Gasteiger partial charge < -0.3 is 10.2 Å². The van der Waals surface area contributed by atoms with Crippen LogP contribution in [-0.4, -0.2) is 62.8 Å². The number of carbonyl (C=O) groups is 1. The zero-order chi connectivity index (χ0) is 19.4. The van der Waals surface area contributed by atoms with Crippen LogP contribution in [-0.2, 0) is 14.8 Å². The summed E-state index contributed by atoms with van der Waals surface area (Å²) in [4.78, 5) is 15.2. The highest BCUT2D eigenvalue weighted by molar-refractivity contribution is 7.89. The standard InChI is InChI=1S/C20H31N3O3S/c1-16-5-7-18(8-6-16)27(25,26)23-13-3-4-19(23)20(24)22-14-10-17(11-15-22)9-12-21-2/h5-8,17,19,21H,3-4,9-15H2,1-2H3. The molecule has 2 fully saturated rings. The molecule has 2 heterocycles. The molecule has 6 nitrogen and oxygen atoms in total. The highest BCUT2D eigenvalue weighted by Crippen LogP contribution is 2.29. The maximum Gasteiger partial charge on any atom is 0.243 e. The van der Waals surface area contributed by atoms with E-state index in [0.717, 1.165) is 50.9 Å². The van der Waals surface area contributed by atoms with Crippen LogP contribution in [0.1, 0.15) is 37.7 Å². The summed E-state index contributed by atoms with van der Waals surface area (Å²) in [5, 5.41) is 3.18. The number of aryl methyl sites for hydroxylation is 1. The van der Waals surface area contributed by atoms with E-state index in [9.17, 15) is 13.2 Å². The van der Waals surface area contributed by atoms with Crippen LogP contribution in [0, 0.1) is 12.8 Å². The van der Waals surface area contributed by atoms with Crippen LogP contribution in [0.3, 0.4) is 0 Å². The molecule has 1 aromatic rings. The largest absolute Gasteiger partial charge is 0.341 e. The highest BCUT2D eigenvalue weighted by Gasteiger charge is 2.41. The minimum Gasteiger partial charge on any atom is -0.341 e. The lowest BCUT2D eigenvalue weighted by Crippen LogP contribution is -2.50. The second-order valence-electron chi connectivity index (χ2n) is 7.75. The van der Waals surface area contributed by atoms with E-state index < -0.39 is 16.1 Å². The molecule has 27 heavy (non-hydrogen) atoms. The van der Waals surface area contributed by atoms with E-state index >= 15 is 0 Å². The summed E-state index contributed by atoms with van der Waals surface area (Å²) in [7, 11) is -1.67. The van der Waals surface area contributed by atoms with Gasteiger partial charge in [-0.3, -0.25) is 4.79 Å². The molecule has 1 amide bonds. The summed E-state index contributed by atoms with van der Waals surface area (Å²) in [5.41, 5.74) is 1.02. The van der Waals surface area contributed by atoms with Crippen molar-refractivity contribution in [3.05, 3.63) is 29.8 Å². The molecule has 1 aromatic carbocycles. The number of piperidine rings is 1. The third-order valence-corrected chi connectivity index (χ3v) is 7.77. The summed E-state index contributed by atoms with van der Waals surface area (Å²) in [6, 6.07) is 6.33. The van der Waals surface area contributed by atoms with Gasteiger partial charge in [-0.05, 0) is 70.7 Å². The molecular weight excluding hydrogens is 362 g/mol. The molecule has 1 atom stereocenters. The first-order chi connectivity index (χ1) is 12.9. The van der Waals surface area contributed by atoms with E-state index in [2.05, 4.69) is 5.32 Å². The molecule has 0 aliphatic carbocycles. The van der Waals surface area contributed by atoms with Gasteiger partial charge in [0, 0.05) is 19.6 Å². The van der Waals surface area contributed by atoms with Crippen molar-refractivity contribution in [2.24, 2.45) is 5.92 Å². The summed E-state index contributed by atoms with van der Waals surface area (Å²) in [6.07, 6.45) is 4.50. The molecule has 0 radical (unpaired) electrons. The Morgan fingerprint density at radius 2 is 1.78 bits per heavy atom. The predicted octanol–water partition coefficient (Wildman–Crippen LogP) is 2.00. The molecule has 1 unspecified atom stereocenters. The van der Waals surface area contributed by atoms with E-state index in [-0.39, 0.29) is 10.8 Å². The third-order valence-electron chi connectivity index (χ3n) is 5.85. The fourth-order valence-corrected chi connectivity index (χ4v) is 5.77. The number of sulfonamides is 1. The summed E-state index contributed by atoms with van der Waals surface area (Å²) in [6.45, 7) is 4.83. The quantitative estimate of drug-likeness (QED) is 0.803. The van der Waals surface area contributed by atoms with Crippen LogP contribution in [0.5, 0.6) is 0 Å². The van der Waals surface area contributed by atoms with Crippen LogP contribution in [0.25, 0.3) is 0 Å². The lowest BCUT2D eigenvalue weighted by Gasteiger charge is -2.35. The first kappa shape index (κ1) is 20.3. The van der Waals surface area contributed by atoms with Gasteiger partial charge in [0.05, 0.1) is 4.90 Å². The number of carbonyl (C=O) groups excluding carboxylic acids is 1. The number of rotatable bonds is 6. The molecule has 1 N–H and O–H groups in total. The van der Waals surface area contributed by atoms with Crippen molar-refractivity contribution in [2.45, 2.75) is 50.0 Å². The monoisotopic (exact) mass is 393 g/mol. The van der Waals surface area contributed by atoms with Crippen molar-refractivity contribution >= 4 is 15.9 Å².